The second kappa shape index (κ2) is 7.96. The number of hydrogen-bond donors (Lipinski definition) is 3. The van der Waals surface area contributed by atoms with Crippen molar-refractivity contribution in [1.82, 2.24) is 4.98 Å². The Hall–Kier alpha value is -3.61. The molecule has 2 aromatic carbocycles. The quantitative estimate of drug-likeness (QED) is 0.568. The van der Waals surface area contributed by atoms with Gasteiger partial charge in [0, 0.05) is 27.9 Å². The summed E-state index contributed by atoms with van der Waals surface area (Å²) >= 11 is 0. The molecule has 7 heteroatoms. The molecule has 0 atom stereocenters. The van der Waals surface area contributed by atoms with Gasteiger partial charge in [0.2, 0.25) is 0 Å². The third-order valence-corrected chi connectivity index (χ3v) is 4.25. The average molecular weight is 379 g/mol. The largest absolute Gasteiger partial charge is 0.450 e. The summed E-state index contributed by atoms with van der Waals surface area (Å²) in [6.07, 6.45) is -0.638. The van der Waals surface area contributed by atoms with Crippen LogP contribution in [0.25, 0.3) is 10.9 Å². The summed E-state index contributed by atoms with van der Waals surface area (Å²) in [6, 6.07) is 12.2. The molecule has 0 aliphatic heterocycles. The average Bonchev–Trinajstić information content (AvgIpc) is 2.99. The van der Waals surface area contributed by atoms with E-state index in [9.17, 15) is 14.4 Å². The number of Topliss-reactive ketones (excluding diaryl/α,β-unsaturated/α-hetero) is 1. The minimum atomic E-state index is -0.638. The SMILES string of the molecule is CCOC(=O)Nc1cc(C(=O)Nc2ccccc2)cc2c(C(C)=O)c(C)[nH]c12. The first-order chi connectivity index (χ1) is 13.4. The summed E-state index contributed by atoms with van der Waals surface area (Å²) in [6.45, 7) is 5.15. The molecule has 0 bridgehead atoms. The van der Waals surface area contributed by atoms with Crippen LogP contribution in [0.5, 0.6) is 0 Å². The van der Waals surface area contributed by atoms with E-state index < -0.39 is 6.09 Å². The Kier molecular flexibility index (Phi) is 5.44. The van der Waals surface area contributed by atoms with E-state index in [1.807, 2.05) is 18.2 Å². The van der Waals surface area contributed by atoms with E-state index in [1.165, 1.54) is 6.92 Å². The van der Waals surface area contributed by atoms with Gasteiger partial charge in [-0.25, -0.2) is 4.79 Å². The van der Waals surface area contributed by atoms with Gasteiger partial charge in [-0.1, -0.05) is 18.2 Å². The third-order valence-electron chi connectivity index (χ3n) is 4.25. The van der Waals surface area contributed by atoms with E-state index in [4.69, 9.17) is 4.74 Å². The molecular weight excluding hydrogens is 358 g/mol. The molecule has 0 unspecified atom stereocenters. The molecule has 1 heterocycles. The fourth-order valence-electron chi connectivity index (χ4n) is 3.11. The van der Waals surface area contributed by atoms with E-state index in [0.29, 0.717) is 39.1 Å². The number of hydrogen-bond acceptors (Lipinski definition) is 4. The molecule has 2 amide bonds. The number of rotatable bonds is 5. The molecule has 0 saturated heterocycles. The van der Waals surface area contributed by atoms with Gasteiger partial charge in [-0.05, 0) is 45.0 Å². The summed E-state index contributed by atoms with van der Waals surface area (Å²) in [5.74, 6) is -0.486. The smallest absolute Gasteiger partial charge is 0.411 e. The zero-order valence-corrected chi connectivity index (χ0v) is 15.9. The van der Waals surface area contributed by atoms with Crippen molar-refractivity contribution >= 4 is 40.1 Å². The lowest BCUT2D eigenvalue weighted by molar-refractivity contribution is 0.101. The van der Waals surface area contributed by atoms with Crippen LogP contribution >= 0.6 is 0 Å². The molecule has 0 aliphatic rings. The predicted molar refractivity (Wildman–Crippen MR) is 108 cm³/mol. The lowest BCUT2D eigenvalue weighted by Crippen LogP contribution is -2.16. The second-order valence-corrected chi connectivity index (χ2v) is 6.29. The van der Waals surface area contributed by atoms with Crippen molar-refractivity contribution in [2.45, 2.75) is 20.8 Å². The number of aromatic amines is 1. The fourth-order valence-corrected chi connectivity index (χ4v) is 3.11. The van der Waals surface area contributed by atoms with Gasteiger partial charge in [-0.15, -0.1) is 0 Å². The van der Waals surface area contributed by atoms with Gasteiger partial charge in [0.15, 0.2) is 5.78 Å². The number of carbonyl (C=O) groups excluding carboxylic acids is 3. The number of ether oxygens (including phenoxy) is 1. The lowest BCUT2D eigenvalue weighted by atomic mass is 10.0. The number of carbonyl (C=O) groups is 3. The minimum absolute atomic E-state index is 0.133. The minimum Gasteiger partial charge on any atom is -0.450 e. The molecule has 0 saturated carbocycles. The van der Waals surface area contributed by atoms with Gasteiger partial charge in [-0.2, -0.15) is 0 Å². The Morgan fingerprint density at radius 1 is 1.07 bits per heavy atom. The number of benzene rings is 2. The van der Waals surface area contributed by atoms with Crippen LogP contribution in [0, 0.1) is 6.92 Å². The highest BCUT2D eigenvalue weighted by atomic mass is 16.5. The van der Waals surface area contributed by atoms with Gasteiger partial charge in [0.05, 0.1) is 17.8 Å². The van der Waals surface area contributed by atoms with Crippen molar-refractivity contribution in [2.75, 3.05) is 17.2 Å². The summed E-state index contributed by atoms with van der Waals surface area (Å²) in [5, 5.41) is 6.01. The predicted octanol–water partition coefficient (Wildman–Crippen LogP) is 4.50. The molecule has 3 N–H and O–H groups in total. The van der Waals surface area contributed by atoms with E-state index >= 15 is 0 Å². The molecule has 0 aliphatic carbocycles. The molecule has 1 aromatic heterocycles. The molecular formula is C21H21N3O4. The Labute approximate surface area is 162 Å². The van der Waals surface area contributed by atoms with Crippen molar-refractivity contribution in [2.24, 2.45) is 0 Å². The summed E-state index contributed by atoms with van der Waals surface area (Å²) in [7, 11) is 0. The summed E-state index contributed by atoms with van der Waals surface area (Å²) < 4.78 is 4.94. The molecule has 0 radical (unpaired) electrons. The zero-order valence-electron chi connectivity index (χ0n) is 15.9. The first-order valence-corrected chi connectivity index (χ1v) is 8.88. The van der Waals surface area contributed by atoms with Crippen molar-refractivity contribution < 1.29 is 19.1 Å². The van der Waals surface area contributed by atoms with Crippen LogP contribution in [-0.4, -0.2) is 29.4 Å². The number of amides is 2. The highest BCUT2D eigenvalue weighted by Crippen LogP contribution is 2.31. The Balaban J connectivity index is 2.09. The Bertz CT molecular complexity index is 1050. The third kappa shape index (κ3) is 3.88. The number of aryl methyl sites for hydroxylation is 1. The summed E-state index contributed by atoms with van der Waals surface area (Å²) in [4.78, 5) is 39.9. The van der Waals surface area contributed by atoms with Crippen molar-refractivity contribution in [3.05, 3.63) is 59.3 Å². The van der Waals surface area contributed by atoms with Crippen LogP contribution in [0.1, 0.15) is 40.3 Å². The fraction of sp³-hybridized carbons (Fsp3) is 0.190. The molecule has 3 rings (SSSR count). The molecule has 144 valence electrons. The first-order valence-electron chi connectivity index (χ1n) is 8.88. The van der Waals surface area contributed by atoms with Gasteiger partial charge in [0.25, 0.3) is 5.91 Å². The maximum Gasteiger partial charge on any atom is 0.411 e. The molecule has 0 spiro atoms. The van der Waals surface area contributed by atoms with Crippen LogP contribution in [0.15, 0.2) is 42.5 Å². The normalized spacial score (nSPS) is 10.5. The zero-order chi connectivity index (χ0) is 20.3. The number of fused-ring (bicyclic) bond motifs is 1. The number of anilines is 2. The maximum atomic E-state index is 12.8. The van der Waals surface area contributed by atoms with Gasteiger partial charge in [-0.3, -0.25) is 14.9 Å². The standard InChI is InChI=1S/C21H21N3O4/c1-4-28-21(27)24-17-11-14(20(26)23-15-8-6-5-7-9-15)10-16-18(13(3)25)12(2)22-19(16)17/h5-11,22H,4H2,1-3H3,(H,23,26)(H,24,27). The Morgan fingerprint density at radius 3 is 2.43 bits per heavy atom. The van der Waals surface area contributed by atoms with E-state index in [1.54, 1.807) is 38.1 Å². The van der Waals surface area contributed by atoms with Crippen LogP contribution in [0.2, 0.25) is 0 Å². The van der Waals surface area contributed by atoms with E-state index in [-0.39, 0.29) is 18.3 Å². The highest BCUT2D eigenvalue weighted by Gasteiger charge is 2.19. The highest BCUT2D eigenvalue weighted by molar-refractivity contribution is 6.15. The number of H-pyrrole nitrogens is 1. The van der Waals surface area contributed by atoms with Crippen LogP contribution in [-0.2, 0) is 4.74 Å². The van der Waals surface area contributed by atoms with Crippen LogP contribution in [0.3, 0.4) is 0 Å². The van der Waals surface area contributed by atoms with Gasteiger partial charge >= 0.3 is 6.09 Å². The topological polar surface area (TPSA) is 100 Å². The van der Waals surface area contributed by atoms with Crippen LogP contribution < -0.4 is 10.6 Å². The molecule has 3 aromatic rings. The van der Waals surface area contributed by atoms with Crippen LogP contribution in [0.4, 0.5) is 16.2 Å². The van der Waals surface area contributed by atoms with Crippen molar-refractivity contribution in [1.29, 1.82) is 0 Å². The number of ketones is 1. The van der Waals surface area contributed by atoms with Crippen molar-refractivity contribution in [3.8, 4) is 0 Å². The van der Waals surface area contributed by atoms with E-state index in [0.717, 1.165) is 0 Å². The lowest BCUT2D eigenvalue weighted by Gasteiger charge is -2.10. The van der Waals surface area contributed by atoms with Crippen molar-refractivity contribution in [3.63, 3.8) is 0 Å². The first kappa shape index (κ1) is 19.2. The maximum absolute atomic E-state index is 12.8. The number of para-hydroxylation sites is 1. The molecule has 7 nitrogen and oxygen atoms in total. The monoisotopic (exact) mass is 379 g/mol. The number of nitrogens with one attached hydrogen (secondary N) is 3. The molecule has 28 heavy (non-hydrogen) atoms. The number of aromatic nitrogens is 1. The van der Waals surface area contributed by atoms with E-state index in [2.05, 4.69) is 15.6 Å². The van der Waals surface area contributed by atoms with Gasteiger partial charge in [0.1, 0.15) is 0 Å². The summed E-state index contributed by atoms with van der Waals surface area (Å²) in [5.41, 5.74) is 3.03. The molecule has 0 fully saturated rings. The van der Waals surface area contributed by atoms with Gasteiger partial charge < -0.3 is 15.0 Å². The second-order valence-electron chi connectivity index (χ2n) is 6.29. The Morgan fingerprint density at radius 2 is 1.79 bits per heavy atom.